The molecule has 4 heavy (non-hydrogen) atoms. The normalized spacial score (nSPS) is 6.00. The standard InChI is InChI=1S/B.H6OSi2/c;2-1-3/h;2-3H3. The Hall–Kier alpha value is 0.459. The molecule has 0 amide bonds. The van der Waals surface area contributed by atoms with E-state index in [0.29, 0.717) is 0 Å². The molecule has 0 saturated carbocycles. The second kappa shape index (κ2) is 9.83. The number of hydrogen-bond donors (Lipinski definition) is 0. The molecule has 23 valence electrons. The van der Waals surface area contributed by atoms with Gasteiger partial charge in [-0.25, -0.2) is 0 Å². The second-order valence-corrected chi connectivity index (χ2v) is 3.67. The lowest BCUT2D eigenvalue weighted by Crippen LogP contribution is -1.65. The van der Waals surface area contributed by atoms with Crippen molar-refractivity contribution in [3.05, 3.63) is 0 Å². The van der Waals surface area contributed by atoms with E-state index in [0.717, 1.165) is 21.0 Å². The fourth-order valence-electron chi connectivity index (χ4n) is 0. The van der Waals surface area contributed by atoms with Gasteiger partial charge < -0.3 is 4.12 Å². The molecule has 0 aliphatic carbocycles. The first kappa shape index (κ1) is 8.82. The average molecular weight is 89.0 g/mol. The van der Waals surface area contributed by atoms with Gasteiger partial charge in [0, 0.05) is 8.41 Å². The van der Waals surface area contributed by atoms with Gasteiger partial charge in [0.15, 0.2) is 0 Å². The van der Waals surface area contributed by atoms with E-state index in [9.17, 15) is 0 Å². The predicted molar refractivity (Wildman–Crippen MR) is 26.7 cm³/mol. The Kier molecular flexibility index (Phi) is 21.7. The summed E-state index contributed by atoms with van der Waals surface area (Å²) in [4.78, 5) is 0. The van der Waals surface area contributed by atoms with Crippen LogP contribution in [0.25, 0.3) is 0 Å². The highest BCUT2D eigenvalue weighted by Crippen LogP contribution is 1.20. The van der Waals surface area contributed by atoms with Crippen molar-refractivity contribution in [3.63, 3.8) is 0 Å². The highest BCUT2D eigenvalue weighted by Gasteiger charge is 1.28. The summed E-state index contributed by atoms with van der Waals surface area (Å²) in [5.41, 5.74) is 0. The lowest BCUT2D eigenvalue weighted by Gasteiger charge is -1.62. The first-order valence-electron chi connectivity index (χ1n) is 0.816. The minimum Gasteiger partial charge on any atom is -0.471 e. The molecule has 0 unspecified atom stereocenters. The molecule has 0 aromatic rings. The van der Waals surface area contributed by atoms with Crippen molar-refractivity contribution in [2.75, 3.05) is 0 Å². The van der Waals surface area contributed by atoms with E-state index in [1.165, 1.54) is 0 Å². The van der Waals surface area contributed by atoms with Gasteiger partial charge in [-0.1, -0.05) is 0 Å². The van der Waals surface area contributed by atoms with E-state index in [1.807, 2.05) is 0 Å². The molecule has 1 nitrogen and oxygen atoms in total. The largest absolute Gasteiger partial charge is 0.471 e. The van der Waals surface area contributed by atoms with Crippen LogP contribution in [0.3, 0.4) is 0 Å². The molecule has 0 heterocycles. The lowest BCUT2D eigenvalue weighted by molar-refractivity contribution is 0.690. The molecule has 0 atom stereocenters. The lowest BCUT2D eigenvalue weighted by atomic mass is 10.8. The highest BCUT2D eigenvalue weighted by molar-refractivity contribution is 6.15. The smallest absolute Gasteiger partial charge is 0.129 e. The molecule has 0 saturated heterocycles. The van der Waals surface area contributed by atoms with Gasteiger partial charge in [0.1, 0.15) is 21.0 Å². The summed E-state index contributed by atoms with van der Waals surface area (Å²) in [6.45, 7) is 0. The van der Waals surface area contributed by atoms with E-state index in [-0.39, 0.29) is 8.41 Å². The Labute approximate surface area is 34.4 Å². The molecule has 0 N–H and O–H groups in total. The Morgan fingerprint density at radius 1 is 1.25 bits per heavy atom. The topological polar surface area (TPSA) is 9.23 Å². The molecular formula is H6BOSi2. The quantitative estimate of drug-likeness (QED) is 0.291. The first-order chi connectivity index (χ1) is 1.41. The Balaban J connectivity index is 0. The number of hydrogen-bond acceptors (Lipinski definition) is 1. The Bertz CT molecular complexity index is 6.00. The van der Waals surface area contributed by atoms with Crippen LogP contribution in [-0.4, -0.2) is 29.4 Å². The summed E-state index contributed by atoms with van der Waals surface area (Å²) >= 11 is 0. The molecule has 0 bridgehead atoms. The molecule has 0 aliphatic heterocycles. The minimum absolute atomic E-state index is 0. The zero-order valence-corrected chi connectivity index (χ0v) is 6.99. The fraction of sp³-hybridized carbons (Fsp3) is 0. The van der Waals surface area contributed by atoms with E-state index in [4.69, 9.17) is 0 Å². The van der Waals surface area contributed by atoms with E-state index >= 15 is 0 Å². The zero-order chi connectivity index (χ0) is 2.71. The van der Waals surface area contributed by atoms with E-state index < -0.39 is 0 Å². The SMILES string of the molecule is [B].[SiH3]O[SiH3]. The molecule has 0 spiro atoms. The van der Waals surface area contributed by atoms with Gasteiger partial charge in [-0.3, -0.25) is 0 Å². The zero-order valence-electron chi connectivity index (χ0n) is 2.99. The van der Waals surface area contributed by atoms with Crippen molar-refractivity contribution < 1.29 is 4.12 Å². The summed E-state index contributed by atoms with van der Waals surface area (Å²) < 4.78 is 4.53. The molecule has 0 aromatic heterocycles. The highest BCUT2D eigenvalue weighted by atomic mass is 28.3. The fourth-order valence-corrected chi connectivity index (χ4v) is 0. The van der Waals surface area contributed by atoms with Crippen molar-refractivity contribution >= 4 is 29.4 Å². The van der Waals surface area contributed by atoms with Crippen molar-refractivity contribution in [1.82, 2.24) is 0 Å². The van der Waals surface area contributed by atoms with Crippen molar-refractivity contribution in [2.24, 2.45) is 0 Å². The van der Waals surface area contributed by atoms with Gasteiger partial charge in [0.25, 0.3) is 0 Å². The monoisotopic (exact) mass is 89.0 g/mol. The third kappa shape index (κ3) is 24.9. The second-order valence-electron chi connectivity index (χ2n) is 0.408. The van der Waals surface area contributed by atoms with Crippen LogP contribution in [0.4, 0.5) is 0 Å². The van der Waals surface area contributed by atoms with Crippen LogP contribution in [0.1, 0.15) is 0 Å². The van der Waals surface area contributed by atoms with Gasteiger partial charge in [0.05, 0.1) is 0 Å². The summed E-state index contributed by atoms with van der Waals surface area (Å²) in [5, 5.41) is 0. The maximum atomic E-state index is 4.53. The third-order valence-electron chi connectivity index (χ3n) is 0. The van der Waals surface area contributed by atoms with Crippen LogP contribution in [0.2, 0.25) is 0 Å². The maximum Gasteiger partial charge on any atom is 0.129 e. The molecular weight excluding hydrogens is 83.0 g/mol. The molecule has 0 rings (SSSR count). The molecule has 0 aromatic carbocycles. The van der Waals surface area contributed by atoms with Gasteiger partial charge >= 0.3 is 0 Å². The van der Waals surface area contributed by atoms with Crippen LogP contribution >= 0.6 is 0 Å². The maximum absolute atomic E-state index is 4.53. The summed E-state index contributed by atoms with van der Waals surface area (Å²) in [6, 6.07) is 0. The van der Waals surface area contributed by atoms with Crippen LogP contribution in [0.15, 0.2) is 0 Å². The summed E-state index contributed by atoms with van der Waals surface area (Å²) in [6.07, 6.45) is 0. The molecule has 0 aliphatic rings. The van der Waals surface area contributed by atoms with Crippen LogP contribution in [0, 0.1) is 0 Å². The molecule has 0 fully saturated rings. The third-order valence-corrected chi connectivity index (χ3v) is 0. The Morgan fingerprint density at radius 2 is 1.25 bits per heavy atom. The average Bonchev–Trinajstić information content (AvgIpc) is 0.918. The predicted octanol–water partition coefficient (Wildman–Crippen LogP) is -2.82. The summed E-state index contributed by atoms with van der Waals surface area (Å²) in [7, 11) is 1.86. The Morgan fingerprint density at radius 3 is 1.25 bits per heavy atom. The van der Waals surface area contributed by atoms with Crippen LogP contribution < -0.4 is 0 Å². The molecule has 3 radical (unpaired) electrons. The van der Waals surface area contributed by atoms with E-state index in [2.05, 4.69) is 4.12 Å². The van der Waals surface area contributed by atoms with Gasteiger partial charge in [-0.15, -0.1) is 0 Å². The minimum atomic E-state index is 0. The van der Waals surface area contributed by atoms with Crippen molar-refractivity contribution in [2.45, 2.75) is 0 Å². The van der Waals surface area contributed by atoms with Gasteiger partial charge in [0.2, 0.25) is 0 Å². The summed E-state index contributed by atoms with van der Waals surface area (Å²) in [5.74, 6) is 0. The van der Waals surface area contributed by atoms with Gasteiger partial charge in [-0.05, 0) is 0 Å². The van der Waals surface area contributed by atoms with Crippen molar-refractivity contribution in [3.8, 4) is 0 Å². The van der Waals surface area contributed by atoms with Crippen LogP contribution in [0.5, 0.6) is 0 Å². The molecule has 4 heteroatoms. The van der Waals surface area contributed by atoms with Gasteiger partial charge in [-0.2, -0.15) is 0 Å². The van der Waals surface area contributed by atoms with E-state index in [1.54, 1.807) is 0 Å². The number of rotatable bonds is 0. The van der Waals surface area contributed by atoms with Crippen LogP contribution in [-0.2, 0) is 4.12 Å². The van der Waals surface area contributed by atoms with Crippen molar-refractivity contribution in [1.29, 1.82) is 0 Å². The first-order valence-corrected chi connectivity index (χ1v) is 2.45.